The van der Waals surface area contributed by atoms with Crippen molar-refractivity contribution in [3.8, 4) is 0 Å². The summed E-state index contributed by atoms with van der Waals surface area (Å²) >= 11 is 0. The number of likely N-dealkylation sites (tertiary alicyclic amines) is 1. The Hall–Kier alpha value is -1.30. The van der Waals surface area contributed by atoms with Crippen molar-refractivity contribution in [1.29, 1.82) is 0 Å². The molecule has 1 aliphatic rings. The summed E-state index contributed by atoms with van der Waals surface area (Å²) in [5.41, 5.74) is 4.66. The van der Waals surface area contributed by atoms with Gasteiger partial charge in [-0.1, -0.05) is 0 Å². The Balaban J connectivity index is 2.35. The monoisotopic (exact) mass is 285 g/mol. The molecule has 0 aromatic carbocycles. The van der Waals surface area contributed by atoms with E-state index in [2.05, 4.69) is 5.32 Å². The van der Waals surface area contributed by atoms with E-state index in [1.54, 1.807) is 4.90 Å². The highest BCUT2D eigenvalue weighted by molar-refractivity contribution is 5.73. The predicted octanol–water partition coefficient (Wildman–Crippen LogP) is 1.24. The second kappa shape index (κ2) is 7.47. The molecule has 1 unspecified atom stereocenters. The molecule has 0 radical (unpaired) electrons. The van der Waals surface area contributed by atoms with Crippen LogP contribution in [0, 0.1) is 0 Å². The van der Waals surface area contributed by atoms with E-state index in [1.165, 1.54) is 0 Å². The molecule has 116 valence electrons. The number of amides is 2. The molecule has 0 bridgehead atoms. The SMILES string of the molecule is CC(C)(C)OC(=O)N1CCCC(NCCC(N)=O)CC1. The van der Waals surface area contributed by atoms with E-state index in [4.69, 9.17) is 10.5 Å². The lowest BCUT2D eigenvalue weighted by atomic mass is 10.1. The van der Waals surface area contributed by atoms with E-state index in [1.807, 2.05) is 20.8 Å². The molecule has 6 heteroatoms. The number of nitrogens with one attached hydrogen (secondary N) is 1. The Morgan fingerprint density at radius 3 is 2.60 bits per heavy atom. The van der Waals surface area contributed by atoms with Gasteiger partial charge in [-0.2, -0.15) is 0 Å². The summed E-state index contributed by atoms with van der Waals surface area (Å²) in [6, 6.07) is 0.335. The van der Waals surface area contributed by atoms with Crippen molar-refractivity contribution in [2.75, 3.05) is 19.6 Å². The maximum absolute atomic E-state index is 12.0. The second-order valence-corrected chi connectivity index (χ2v) is 6.27. The summed E-state index contributed by atoms with van der Waals surface area (Å²) in [7, 11) is 0. The van der Waals surface area contributed by atoms with E-state index in [9.17, 15) is 9.59 Å². The third kappa shape index (κ3) is 6.75. The minimum absolute atomic E-state index is 0.240. The van der Waals surface area contributed by atoms with Crippen molar-refractivity contribution < 1.29 is 14.3 Å². The zero-order valence-electron chi connectivity index (χ0n) is 12.8. The van der Waals surface area contributed by atoms with Crippen molar-refractivity contribution in [3.63, 3.8) is 0 Å². The number of rotatable bonds is 4. The number of nitrogens with zero attached hydrogens (tertiary/aromatic N) is 1. The number of hydrogen-bond acceptors (Lipinski definition) is 4. The molecular formula is C14H27N3O3. The van der Waals surface area contributed by atoms with Gasteiger partial charge in [-0.3, -0.25) is 4.79 Å². The van der Waals surface area contributed by atoms with Crippen LogP contribution >= 0.6 is 0 Å². The maximum atomic E-state index is 12.0. The molecule has 0 aliphatic carbocycles. The van der Waals surface area contributed by atoms with Crippen LogP contribution < -0.4 is 11.1 Å². The van der Waals surface area contributed by atoms with Gasteiger partial charge in [0.15, 0.2) is 0 Å². The number of carbonyl (C=O) groups is 2. The van der Waals surface area contributed by atoms with Gasteiger partial charge in [0, 0.05) is 32.1 Å². The fourth-order valence-electron chi connectivity index (χ4n) is 2.21. The predicted molar refractivity (Wildman–Crippen MR) is 77.3 cm³/mol. The fourth-order valence-corrected chi connectivity index (χ4v) is 2.21. The largest absolute Gasteiger partial charge is 0.444 e. The van der Waals surface area contributed by atoms with Gasteiger partial charge >= 0.3 is 6.09 Å². The number of ether oxygens (including phenoxy) is 1. The van der Waals surface area contributed by atoms with E-state index in [0.717, 1.165) is 25.8 Å². The van der Waals surface area contributed by atoms with Crippen molar-refractivity contribution in [1.82, 2.24) is 10.2 Å². The van der Waals surface area contributed by atoms with Gasteiger partial charge in [-0.15, -0.1) is 0 Å². The van der Waals surface area contributed by atoms with Crippen LogP contribution in [0.3, 0.4) is 0 Å². The van der Waals surface area contributed by atoms with Crippen LogP contribution in [0.5, 0.6) is 0 Å². The number of primary amides is 1. The number of hydrogen-bond donors (Lipinski definition) is 2. The van der Waals surface area contributed by atoms with Gasteiger partial charge in [-0.05, 0) is 40.0 Å². The summed E-state index contributed by atoms with van der Waals surface area (Å²) in [4.78, 5) is 24.5. The first-order chi connectivity index (χ1) is 9.28. The Morgan fingerprint density at radius 1 is 1.30 bits per heavy atom. The van der Waals surface area contributed by atoms with E-state index < -0.39 is 5.60 Å². The third-order valence-electron chi connectivity index (χ3n) is 3.18. The average Bonchev–Trinajstić information content (AvgIpc) is 2.52. The molecule has 3 N–H and O–H groups in total. The summed E-state index contributed by atoms with van der Waals surface area (Å²) in [6.45, 7) is 7.63. The second-order valence-electron chi connectivity index (χ2n) is 6.27. The Bertz CT molecular complexity index is 339. The normalized spacial score (nSPS) is 20.4. The van der Waals surface area contributed by atoms with Gasteiger partial charge in [0.1, 0.15) is 5.60 Å². The molecule has 1 atom stereocenters. The van der Waals surface area contributed by atoms with Crippen molar-refractivity contribution in [3.05, 3.63) is 0 Å². The minimum atomic E-state index is -0.456. The zero-order valence-corrected chi connectivity index (χ0v) is 12.8. The highest BCUT2D eigenvalue weighted by atomic mass is 16.6. The lowest BCUT2D eigenvalue weighted by molar-refractivity contribution is -0.117. The van der Waals surface area contributed by atoms with Crippen molar-refractivity contribution >= 4 is 12.0 Å². The molecule has 1 fully saturated rings. The number of nitrogens with two attached hydrogens (primary N) is 1. The molecule has 0 aromatic heterocycles. The Labute approximate surface area is 121 Å². The summed E-state index contributed by atoms with van der Waals surface area (Å²) in [5.74, 6) is -0.290. The van der Waals surface area contributed by atoms with Crippen LogP contribution in [0.25, 0.3) is 0 Å². The van der Waals surface area contributed by atoms with Gasteiger partial charge < -0.3 is 20.7 Å². The first-order valence-corrected chi connectivity index (χ1v) is 7.27. The molecule has 0 spiro atoms. The quantitative estimate of drug-likeness (QED) is 0.814. The van der Waals surface area contributed by atoms with Crippen LogP contribution in [-0.2, 0) is 9.53 Å². The summed E-state index contributed by atoms with van der Waals surface area (Å²) in [5, 5.41) is 3.32. The molecule has 2 amide bonds. The van der Waals surface area contributed by atoms with Crippen LogP contribution in [0.4, 0.5) is 4.79 Å². The van der Waals surface area contributed by atoms with E-state index in [-0.39, 0.29) is 12.0 Å². The zero-order chi connectivity index (χ0) is 15.2. The molecular weight excluding hydrogens is 258 g/mol. The standard InChI is InChI=1S/C14H27N3O3/c1-14(2,3)20-13(19)17-9-4-5-11(7-10-17)16-8-6-12(15)18/h11,16H,4-10H2,1-3H3,(H2,15,18). The van der Waals surface area contributed by atoms with E-state index in [0.29, 0.717) is 25.6 Å². The van der Waals surface area contributed by atoms with Gasteiger partial charge in [0.05, 0.1) is 0 Å². The highest BCUT2D eigenvalue weighted by Gasteiger charge is 2.24. The number of carbonyl (C=O) groups excluding carboxylic acids is 2. The van der Waals surface area contributed by atoms with Crippen molar-refractivity contribution in [2.24, 2.45) is 5.73 Å². The lowest BCUT2D eigenvalue weighted by Gasteiger charge is -2.26. The Kier molecular flexibility index (Phi) is 6.26. The molecule has 1 rings (SSSR count). The first kappa shape index (κ1) is 16.8. The molecule has 1 heterocycles. The summed E-state index contributed by atoms with van der Waals surface area (Å²) < 4.78 is 5.39. The molecule has 0 aromatic rings. The maximum Gasteiger partial charge on any atom is 0.410 e. The topological polar surface area (TPSA) is 84.7 Å². The minimum Gasteiger partial charge on any atom is -0.444 e. The van der Waals surface area contributed by atoms with Crippen LogP contribution in [0.1, 0.15) is 46.5 Å². The molecule has 0 saturated carbocycles. The summed E-state index contributed by atoms with van der Waals surface area (Å²) in [6.07, 6.45) is 2.92. The molecule has 20 heavy (non-hydrogen) atoms. The fraction of sp³-hybridized carbons (Fsp3) is 0.857. The first-order valence-electron chi connectivity index (χ1n) is 7.27. The third-order valence-corrected chi connectivity index (χ3v) is 3.18. The Morgan fingerprint density at radius 2 is 2.00 bits per heavy atom. The average molecular weight is 285 g/mol. The van der Waals surface area contributed by atoms with Crippen LogP contribution in [0.2, 0.25) is 0 Å². The molecule has 6 nitrogen and oxygen atoms in total. The lowest BCUT2D eigenvalue weighted by Crippen LogP contribution is -2.38. The molecule has 1 aliphatic heterocycles. The van der Waals surface area contributed by atoms with Crippen LogP contribution in [-0.4, -0.2) is 48.2 Å². The molecule has 1 saturated heterocycles. The van der Waals surface area contributed by atoms with Gasteiger partial charge in [0.25, 0.3) is 0 Å². The van der Waals surface area contributed by atoms with Crippen LogP contribution in [0.15, 0.2) is 0 Å². The van der Waals surface area contributed by atoms with Crippen molar-refractivity contribution in [2.45, 2.75) is 58.1 Å². The van der Waals surface area contributed by atoms with Gasteiger partial charge in [-0.25, -0.2) is 4.79 Å². The van der Waals surface area contributed by atoms with E-state index >= 15 is 0 Å². The highest BCUT2D eigenvalue weighted by Crippen LogP contribution is 2.15. The smallest absolute Gasteiger partial charge is 0.410 e. The van der Waals surface area contributed by atoms with Gasteiger partial charge in [0.2, 0.25) is 5.91 Å².